The predicted octanol–water partition coefficient (Wildman–Crippen LogP) is 4.05. The van der Waals surface area contributed by atoms with Gasteiger partial charge in [0, 0.05) is 15.6 Å². The molecule has 0 atom stereocenters. The summed E-state index contributed by atoms with van der Waals surface area (Å²) in [7, 11) is 0. The number of thioether (sulfide) groups is 1. The fourth-order valence-corrected chi connectivity index (χ4v) is 3.11. The van der Waals surface area contributed by atoms with Crippen LogP contribution in [0.5, 0.6) is 5.75 Å². The van der Waals surface area contributed by atoms with Crippen molar-refractivity contribution < 1.29 is 9.53 Å². The van der Waals surface area contributed by atoms with E-state index < -0.39 is 0 Å². The SMILES string of the molecule is CCSc1ccc(NC(=O)COc2ccc(Cl)cc2-n2cnnc2)cc1. The molecule has 0 fully saturated rings. The minimum Gasteiger partial charge on any atom is -0.482 e. The molecular formula is C18H17ClN4O2S. The van der Waals surface area contributed by atoms with Gasteiger partial charge in [-0.05, 0) is 48.2 Å². The first-order valence-electron chi connectivity index (χ1n) is 7.96. The zero-order valence-electron chi connectivity index (χ0n) is 14.1. The summed E-state index contributed by atoms with van der Waals surface area (Å²) < 4.78 is 7.33. The van der Waals surface area contributed by atoms with Crippen molar-refractivity contribution in [2.75, 3.05) is 17.7 Å². The third-order valence-corrected chi connectivity index (χ3v) is 4.56. The molecule has 1 aromatic heterocycles. The third-order valence-electron chi connectivity index (χ3n) is 3.43. The molecule has 0 spiro atoms. The summed E-state index contributed by atoms with van der Waals surface area (Å²) in [5.41, 5.74) is 1.39. The van der Waals surface area contributed by atoms with Crippen molar-refractivity contribution in [3.8, 4) is 11.4 Å². The standard InChI is InChI=1S/C18H17ClN4O2S/c1-2-26-15-6-4-14(5-7-15)22-18(24)10-25-17-8-3-13(19)9-16(17)23-11-20-21-12-23/h3-9,11-12H,2,10H2,1H3,(H,22,24). The average molecular weight is 389 g/mol. The molecule has 3 rings (SSSR count). The number of anilines is 1. The highest BCUT2D eigenvalue weighted by Gasteiger charge is 2.10. The number of carbonyl (C=O) groups is 1. The number of nitrogens with one attached hydrogen (secondary N) is 1. The van der Waals surface area contributed by atoms with Crippen LogP contribution in [-0.2, 0) is 4.79 Å². The van der Waals surface area contributed by atoms with Crippen LogP contribution in [0.15, 0.2) is 60.0 Å². The molecule has 0 aliphatic carbocycles. The Balaban J connectivity index is 1.63. The monoisotopic (exact) mass is 388 g/mol. The predicted molar refractivity (Wildman–Crippen MR) is 103 cm³/mol. The number of nitrogens with zero attached hydrogens (tertiary/aromatic N) is 3. The van der Waals surface area contributed by atoms with Gasteiger partial charge in [0.2, 0.25) is 0 Å². The van der Waals surface area contributed by atoms with Crippen LogP contribution in [0, 0.1) is 0 Å². The maximum atomic E-state index is 12.2. The van der Waals surface area contributed by atoms with E-state index in [0.717, 1.165) is 11.4 Å². The molecule has 0 radical (unpaired) electrons. The number of hydrogen-bond acceptors (Lipinski definition) is 5. The van der Waals surface area contributed by atoms with Gasteiger partial charge >= 0.3 is 0 Å². The van der Waals surface area contributed by atoms with Crippen LogP contribution in [0.1, 0.15) is 6.92 Å². The maximum absolute atomic E-state index is 12.2. The zero-order chi connectivity index (χ0) is 18.4. The molecule has 1 N–H and O–H groups in total. The first-order chi connectivity index (χ1) is 12.7. The van der Waals surface area contributed by atoms with E-state index in [-0.39, 0.29) is 12.5 Å². The van der Waals surface area contributed by atoms with Crippen LogP contribution in [0.4, 0.5) is 5.69 Å². The van der Waals surface area contributed by atoms with Crippen molar-refractivity contribution in [2.24, 2.45) is 0 Å². The zero-order valence-corrected chi connectivity index (χ0v) is 15.6. The highest BCUT2D eigenvalue weighted by molar-refractivity contribution is 7.99. The number of rotatable bonds is 7. The van der Waals surface area contributed by atoms with E-state index in [1.807, 2.05) is 24.3 Å². The summed E-state index contributed by atoms with van der Waals surface area (Å²) in [5, 5.41) is 10.9. The Bertz CT molecular complexity index is 869. The topological polar surface area (TPSA) is 69.0 Å². The molecule has 2 aromatic carbocycles. The lowest BCUT2D eigenvalue weighted by atomic mass is 10.3. The van der Waals surface area contributed by atoms with Crippen LogP contribution in [-0.4, -0.2) is 33.0 Å². The summed E-state index contributed by atoms with van der Waals surface area (Å²) in [6.45, 7) is 1.98. The number of carbonyl (C=O) groups excluding carboxylic acids is 1. The third kappa shape index (κ3) is 4.77. The lowest BCUT2D eigenvalue weighted by Gasteiger charge is -2.12. The Morgan fingerprint density at radius 3 is 2.62 bits per heavy atom. The Kier molecular flexibility index (Phi) is 6.14. The number of hydrogen-bond donors (Lipinski definition) is 1. The Morgan fingerprint density at radius 2 is 1.92 bits per heavy atom. The van der Waals surface area contributed by atoms with Crippen molar-refractivity contribution in [3.05, 3.63) is 60.1 Å². The summed E-state index contributed by atoms with van der Waals surface area (Å²) in [6.07, 6.45) is 3.07. The van der Waals surface area contributed by atoms with E-state index in [4.69, 9.17) is 16.3 Å². The van der Waals surface area contributed by atoms with Gasteiger partial charge in [0.1, 0.15) is 18.4 Å². The van der Waals surface area contributed by atoms with Gasteiger partial charge in [0.25, 0.3) is 5.91 Å². The van der Waals surface area contributed by atoms with E-state index in [1.165, 1.54) is 17.6 Å². The van der Waals surface area contributed by atoms with Gasteiger partial charge in [-0.2, -0.15) is 0 Å². The first kappa shape index (κ1) is 18.3. The highest BCUT2D eigenvalue weighted by atomic mass is 35.5. The molecule has 1 heterocycles. The summed E-state index contributed by atoms with van der Waals surface area (Å²) in [4.78, 5) is 13.3. The molecule has 1 amide bonds. The number of amides is 1. The number of halogens is 1. The molecular weight excluding hydrogens is 372 g/mol. The second-order valence-electron chi connectivity index (χ2n) is 5.28. The van der Waals surface area contributed by atoms with Crippen LogP contribution in [0.3, 0.4) is 0 Å². The van der Waals surface area contributed by atoms with Crippen molar-refractivity contribution in [1.29, 1.82) is 0 Å². The van der Waals surface area contributed by atoms with E-state index in [1.54, 1.807) is 34.5 Å². The summed E-state index contributed by atoms with van der Waals surface area (Å²) in [6, 6.07) is 12.8. The number of benzene rings is 2. The molecule has 0 aliphatic heterocycles. The Labute approximate surface area is 160 Å². The van der Waals surface area contributed by atoms with Crippen LogP contribution < -0.4 is 10.1 Å². The van der Waals surface area contributed by atoms with E-state index in [2.05, 4.69) is 22.4 Å². The fourth-order valence-electron chi connectivity index (χ4n) is 2.28. The second kappa shape index (κ2) is 8.73. The quantitative estimate of drug-likeness (QED) is 0.618. The molecule has 134 valence electrons. The molecule has 26 heavy (non-hydrogen) atoms. The minimum absolute atomic E-state index is 0.123. The molecule has 0 bridgehead atoms. The van der Waals surface area contributed by atoms with E-state index >= 15 is 0 Å². The Morgan fingerprint density at radius 1 is 1.19 bits per heavy atom. The molecule has 0 saturated heterocycles. The van der Waals surface area contributed by atoms with Crippen LogP contribution in [0.25, 0.3) is 5.69 Å². The van der Waals surface area contributed by atoms with Gasteiger partial charge < -0.3 is 10.1 Å². The maximum Gasteiger partial charge on any atom is 0.262 e. The van der Waals surface area contributed by atoms with Gasteiger partial charge in [-0.3, -0.25) is 9.36 Å². The number of aromatic nitrogens is 3. The lowest BCUT2D eigenvalue weighted by molar-refractivity contribution is -0.118. The summed E-state index contributed by atoms with van der Waals surface area (Å²) in [5.74, 6) is 1.28. The van der Waals surface area contributed by atoms with Crippen molar-refractivity contribution >= 4 is 35.0 Å². The average Bonchev–Trinajstić information content (AvgIpc) is 3.17. The molecule has 8 heteroatoms. The summed E-state index contributed by atoms with van der Waals surface area (Å²) >= 11 is 7.80. The van der Waals surface area contributed by atoms with Gasteiger partial charge in [0.05, 0.1) is 5.69 Å². The minimum atomic E-state index is -0.245. The normalized spacial score (nSPS) is 10.5. The highest BCUT2D eigenvalue weighted by Crippen LogP contribution is 2.26. The van der Waals surface area contributed by atoms with Crippen molar-refractivity contribution in [3.63, 3.8) is 0 Å². The molecule has 0 aliphatic rings. The smallest absolute Gasteiger partial charge is 0.262 e. The van der Waals surface area contributed by atoms with Crippen LogP contribution in [0.2, 0.25) is 5.02 Å². The number of ether oxygens (including phenoxy) is 1. The Hall–Kier alpha value is -2.51. The van der Waals surface area contributed by atoms with Gasteiger partial charge in [-0.15, -0.1) is 22.0 Å². The van der Waals surface area contributed by atoms with Gasteiger partial charge in [0.15, 0.2) is 6.61 Å². The van der Waals surface area contributed by atoms with E-state index in [0.29, 0.717) is 16.5 Å². The molecule has 3 aromatic rings. The molecule has 0 saturated carbocycles. The fraction of sp³-hybridized carbons (Fsp3) is 0.167. The first-order valence-corrected chi connectivity index (χ1v) is 9.32. The largest absolute Gasteiger partial charge is 0.482 e. The van der Waals surface area contributed by atoms with Gasteiger partial charge in [-0.1, -0.05) is 18.5 Å². The second-order valence-corrected chi connectivity index (χ2v) is 7.05. The lowest BCUT2D eigenvalue weighted by Crippen LogP contribution is -2.20. The van der Waals surface area contributed by atoms with Gasteiger partial charge in [-0.25, -0.2) is 0 Å². The molecule has 6 nitrogen and oxygen atoms in total. The van der Waals surface area contributed by atoms with E-state index in [9.17, 15) is 4.79 Å². The van der Waals surface area contributed by atoms with Crippen molar-refractivity contribution in [2.45, 2.75) is 11.8 Å². The van der Waals surface area contributed by atoms with Crippen molar-refractivity contribution in [1.82, 2.24) is 14.8 Å². The molecule has 0 unspecified atom stereocenters. The van der Waals surface area contributed by atoms with Crippen LogP contribution >= 0.6 is 23.4 Å².